The highest BCUT2D eigenvalue weighted by atomic mass is 35.5. The third-order valence-corrected chi connectivity index (χ3v) is 7.07. The third-order valence-electron chi connectivity index (χ3n) is 7.07. The smallest absolute Gasteiger partial charge is 0.267 e. The van der Waals surface area contributed by atoms with E-state index in [0.717, 1.165) is 30.6 Å². The molecule has 1 aromatic rings. The van der Waals surface area contributed by atoms with Crippen LogP contribution in [0.3, 0.4) is 0 Å². The highest BCUT2D eigenvalue weighted by Crippen LogP contribution is 2.52. The summed E-state index contributed by atoms with van der Waals surface area (Å²) in [6, 6.07) is 4.62. The Kier molecular flexibility index (Phi) is 5.61. The van der Waals surface area contributed by atoms with Crippen LogP contribution in [-0.4, -0.2) is 42.0 Å². The Hall–Kier alpha value is -1.17. The van der Waals surface area contributed by atoms with Crippen molar-refractivity contribution in [1.29, 1.82) is 0 Å². The summed E-state index contributed by atoms with van der Waals surface area (Å²) >= 11 is 0. The predicted octanol–water partition coefficient (Wildman–Crippen LogP) is 2.97. The first-order valence-electron chi connectivity index (χ1n) is 9.61. The van der Waals surface area contributed by atoms with E-state index in [1.54, 1.807) is 6.20 Å². The number of hydrogen-bond donors (Lipinski definition) is 1. The molecule has 2 bridgehead atoms. The van der Waals surface area contributed by atoms with Gasteiger partial charge in [0.25, 0.3) is 5.91 Å². The minimum atomic E-state index is -0.473. The Morgan fingerprint density at radius 2 is 1.96 bits per heavy atom. The molecule has 144 valence electrons. The van der Waals surface area contributed by atoms with Crippen molar-refractivity contribution in [3.63, 3.8) is 0 Å². The number of ether oxygens (including phenoxy) is 1. The summed E-state index contributed by atoms with van der Waals surface area (Å²) in [5, 5.41) is 0. The Labute approximate surface area is 162 Å². The maximum atomic E-state index is 11.6. The lowest BCUT2D eigenvalue weighted by molar-refractivity contribution is -0.181. The van der Waals surface area contributed by atoms with Crippen molar-refractivity contribution >= 4 is 18.3 Å². The highest BCUT2D eigenvalue weighted by molar-refractivity contribution is 5.90. The molecule has 2 heterocycles. The van der Waals surface area contributed by atoms with Crippen LogP contribution in [0.2, 0.25) is 0 Å². The van der Waals surface area contributed by atoms with Crippen LogP contribution in [-0.2, 0) is 10.3 Å². The van der Waals surface area contributed by atoms with Crippen LogP contribution in [0.1, 0.15) is 55.1 Å². The number of aromatic nitrogens is 1. The van der Waals surface area contributed by atoms with Gasteiger partial charge in [0.2, 0.25) is 0 Å². The van der Waals surface area contributed by atoms with Gasteiger partial charge >= 0.3 is 0 Å². The van der Waals surface area contributed by atoms with E-state index in [1.165, 1.54) is 32.1 Å². The maximum absolute atomic E-state index is 11.6. The van der Waals surface area contributed by atoms with E-state index in [0.29, 0.717) is 17.5 Å². The van der Waals surface area contributed by atoms with E-state index in [9.17, 15) is 4.79 Å². The predicted molar refractivity (Wildman–Crippen MR) is 103 cm³/mol. The molecule has 1 unspecified atom stereocenters. The number of halogens is 1. The fourth-order valence-corrected chi connectivity index (χ4v) is 5.66. The van der Waals surface area contributed by atoms with Crippen LogP contribution in [0.15, 0.2) is 18.3 Å². The van der Waals surface area contributed by atoms with Gasteiger partial charge in [-0.05, 0) is 49.3 Å². The third kappa shape index (κ3) is 2.94. The number of piperidine rings is 1. The van der Waals surface area contributed by atoms with Crippen molar-refractivity contribution in [3.05, 3.63) is 29.6 Å². The number of amides is 1. The molecule has 6 heteroatoms. The number of rotatable bonds is 4. The van der Waals surface area contributed by atoms with E-state index < -0.39 is 5.91 Å². The van der Waals surface area contributed by atoms with Gasteiger partial charge in [-0.3, -0.25) is 14.7 Å². The number of nitrogens with two attached hydrogens (primary N) is 1. The molecule has 3 fully saturated rings. The van der Waals surface area contributed by atoms with Gasteiger partial charge in [-0.25, -0.2) is 0 Å². The number of primary amides is 1. The van der Waals surface area contributed by atoms with Crippen molar-refractivity contribution in [3.8, 4) is 0 Å². The van der Waals surface area contributed by atoms with E-state index in [2.05, 4.69) is 16.8 Å². The molecule has 1 amide bonds. The zero-order valence-corrected chi connectivity index (χ0v) is 16.5. The van der Waals surface area contributed by atoms with Crippen LogP contribution in [0, 0.1) is 17.8 Å². The van der Waals surface area contributed by atoms with Gasteiger partial charge in [0.1, 0.15) is 11.3 Å². The highest BCUT2D eigenvalue weighted by Gasteiger charge is 2.54. The van der Waals surface area contributed by atoms with Crippen LogP contribution in [0.25, 0.3) is 0 Å². The summed E-state index contributed by atoms with van der Waals surface area (Å²) in [6.45, 7) is 4.56. The molecule has 5 nitrogen and oxygen atoms in total. The number of methoxy groups -OCH3 is 1. The number of pyridine rings is 1. The van der Waals surface area contributed by atoms with Crippen LogP contribution in [0.5, 0.6) is 0 Å². The van der Waals surface area contributed by atoms with Gasteiger partial charge in [-0.2, -0.15) is 0 Å². The summed E-state index contributed by atoms with van der Waals surface area (Å²) in [5.74, 6) is 1.26. The second-order valence-electron chi connectivity index (χ2n) is 8.19. The molecule has 1 saturated heterocycles. The molecule has 1 aromatic heterocycles. The molecule has 1 aliphatic heterocycles. The molecule has 4 rings (SSSR count). The van der Waals surface area contributed by atoms with Crippen molar-refractivity contribution in [1.82, 2.24) is 9.88 Å². The summed E-state index contributed by atoms with van der Waals surface area (Å²) in [4.78, 5) is 18.5. The Morgan fingerprint density at radius 3 is 2.46 bits per heavy atom. The second kappa shape index (κ2) is 7.45. The lowest BCUT2D eigenvalue weighted by Gasteiger charge is -2.58. The number of carbonyl (C=O) groups is 1. The first kappa shape index (κ1) is 19.6. The van der Waals surface area contributed by atoms with Gasteiger partial charge in [0, 0.05) is 44.3 Å². The Balaban J connectivity index is 0.00000196. The average molecular weight is 380 g/mol. The maximum Gasteiger partial charge on any atom is 0.267 e. The Bertz CT molecular complexity index is 654. The molecule has 3 aliphatic rings. The molecule has 5 atom stereocenters. The zero-order valence-electron chi connectivity index (χ0n) is 15.7. The van der Waals surface area contributed by atoms with Crippen molar-refractivity contribution in [2.24, 2.45) is 23.5 Å². The SMILES string of the molecule is COC1(c2ccnc(C(N)=O)c2)[C@@H]2CCC[C@H]1CN([C@@H]1CC[C@@H]1C)C2.Cl. The van der Waals surface area contributed by atoms with Crippen molar-refractivity contribution < 1.29 is 9.53 Å². The lowest BCUT2D eigenvalue weighted by Crippen LogP contribution is -2.62. The minimum absolute atomic E-state index is 0. The first-order valence-corrected chi connectivity index (χ1v) is 9.61. The number of likely N-dealkylation sites (tertiary alicyclic amines) is 1. The average Bonchev–Trinajstić information content (AvgIpc) is 2.59. The zero-order chi connectivity index (χ0) is 17.6. The van der Waals surface area contributed by atoms with Gasteiger partial charge < -0.3 is 10.5 Å². The quantitative estimate of drug-likeness (QED) is 0.873. The van der Waals surface area contributed by atoms with E-state index in [1.807, 2.05) is 19.2 Å². The topological polar surface area (TPSA) is 68.5 Å². The number of hydrogen-bond acceptors (Lipinski definition) is 4. The molecule has 26 heavy (non-hydrogen) atoms. The largest absolute Gasteiger partial charge is 0.373 e. The minimum Gasteiger partial charge on any atom is -0.373 e. The molecule has 0 aromatic carbocycles. The molecule has 0 spiro atoms. The van der Waals surface area contributed by atoms with Crippen molar-refractivity contribution in [2.45, 2.75) is 50.7 Å². The lowest BCUT2D eigenvalue weighted by atomic mass is 9.61. The van der Waals surface area contributed by atoms with E-state index in [-0.39, 0.29) is 18.0 Å². The van der Waals surface area contributed by atoms with Crippen molar-refractivity contribution in [2.75, 3.05) is 20.2 Å². The summed E-state index contributed by atoms with van der Waals surface area (Å²) in [5.41, 5.74) is 6.57. The number of fused-ring (bicyclic) bond motifs is 2. The van der Waals surface area contributed by atoms with Crippen LogP contribution >= 0.6 is 12.4 Å². The molecule has 0 radical (unpaired) electrons. The molecular weight excluding hydrogens is 350 g/mol. The van der Waals surface area contributed by atoms with Gasteiger partial charge in [0.05, 0.1) is 0 Å². The first-order chi connectivity index (χ1) is 12.1. The summed E-state index contributed by atoms with van der Waals surface area (Å²) in [7, 11) is 1.83. The molecular formula is C20H30ClN3O2. The van der Waals surface area contributed by atoms with Crippen LogP contribution < -0.4 is 5.73 Å². The fraction of sp³-hybridized carbons (Fsp3) is 0.700. The van der Waals surface area contributed by atoms with E-state index in [4.69, 9.17) is 10.5 Å². The Morgan fingerprint density at radius 1 is 1.27 bits per heavy atom. The second-order valence-corrected chi connectivity index (χ2v) is 8.19. The van der Waals surface area contributed by atoms with Gasteiger partial charge in [-0.1, -0.05) is 13.3 Å². The van der Waals surface area contributed by atoms with Crippen LogP contribution in [0.4, 0.5) is 0 Å². The molecule has 2 N–H and O–H groups in total. The summed E-state index contributed by atoms with van der Waals surface area (Å²) < 4.78 is 6.27. The summed E-state index contributed by atoms with van der Waals surface area (Å²) in [6.07, 6.45) is 8.01. The fourth-order valence-electron chi connectivity index (χ4n) is 5.66. The molecule has 2 saturated carbocycles. The number of carbonyl (C=O) groups excluding carboxylic acids is 1. The van der Waals surface area contributed by atoms with Gasteiger partial charge in [0.15, 0.2) is 0 Å². The molecule has 2 aliphatic carbocycles. The normalized spacial score (nSPS) is 36.7. The number of nitrogens with zero attached hydrogens (tertiary/aromatic N) is 2. The van der Waals surface area contributed by atoms with Gasteiger partial charge in [-0.15, -0.1) is 12.4 Å². The van der Waals surface area contributed by atoms with E-state index >= 15 is 0 Å². The monoisotopic (exact) mass is 379 g/mol. The standard InChI is InChI=1S/C20H29N3O2.ClH/c1-13-6-7-18(13)23-11-15-4-3-5-16(12-23)20(15,25-2)14-8-9-22-17(10-14)19(21)24;/h8-10,13,15-16,18H,3-7,11-12H2,1-2H3,(H2,21,24);1H/t13-,15-,16+,18+,20?;/m0./s1.